The second kappa shape index (κ2) is 6.33. The molecule has 0 bridgehead atoms. The van der Waals surface area contributed by atoms with E-state index >= 15 is 0 Å². The van der Waals surface area contributed by atoms with Crippen LogP contribution >= 0.6 is 0 Å². The number of hydrogen-bond acceptors (Lipinski definition) is 5. The molecule has 0 saturated carbocycles. The van der Waals surface area contributed by atoms with E-state index in [1.54, 1.807) is 36.4 Å². The molecule has 2 aromatic rings. The minimum Gasteiger partial charge on any atom is -0.482 e. The Bertz CT molecular complexity index is 631. The average molecular weight is 273 g/mol. The van der Waals surface area contributed by atoms with Gasteiger partial charge < -0.3 is 9.15 Å². The van der Waals surface area contributed by atoms with Crippen molar-refractivity contribution in [1.82, 2.24) is 0 Å². The molecule has 0 aliphatic carbocycles. The summed E-state index contributed by atoms with van der Waals surface area (Å²) in [6.45, 7) is -0.265. The van der Waals surface area contributed by atoms with Gasteiger partial charge in [0.1, 0.15) is 11.5 Å². The van der Waals surface area contributed by atoms with Gasteiger partial charge in [-0.3, -0.25) is 14.9 Å². The zero-order chi connectivity index (χ0) is 14.4. The molecule has 0 atom stereocenters. The smallest absolute Gasteiger partial charge is 0.287 e. The number of benzene rings is 1. The Morgan fingerprint density at radius 3 is 2.75 bits per heavy atom. The van der Waals surface area contributed by atoms with Crippen molar-refractivity contribution in [3.63, 3.8) is 0 Å². The maximum atomic E-state index is 10.9. The predicted octanol–water partition coefficient (Wildman–Crippen LogP) is 2.79. The summed E-state index contributed by atoms with van der Waals surface area (Å²) in [5.74, 6) is 0.665. The molecular formula is C14H11NO5. The number of hydrogen-bond donors (Lipinski definition) is 0. The topological polar surface area (TPSA) is 82.6 Å². The van der Waals surface area contributed by atoms with Crippen LogP contribution in [-0.2, 0) is 0 Å². The zero-order valence-corrected chi connectivity index (χ0v) is 10.4. The van der Waals surface area contributed by atoms with Gasteiger partial charge in [-0.25, -0.2) is 0 Å². The van der Waals surface area contributed by atoms with Crippen LogP contribution in [0.15, 0.2) is 52.8 Å². The Morgan fingerprint density at radius 1 is 1.30 bits per heavy atom. The fourth-order valence-corrected chi connectivity index (χ4v) is 1.55. The molecule has 0 unspecified atom stereocenters. The molecule has 0 fully saturated rings. The number of aldehydes is 1. The number of furan rings is 1. The lowest BCUT2D eigenvalue weighted by Crippen LogP contribution is -2.10. The van der Waals surface area contributed by atoms with Crippen LogP contribution in [0.3, 0.4) is 0 Å². The van der Waals surface area contributed by atoms with Gasteiger partial charge in [0.15, 0.2) is 12.9 Å². The summed E-state index contributed by atoms with van der Waals surface area (Å²) in [7, 11) is 0. The van der Waals surface area contributed by atoms with Crippen molar-refractivity contribution in [3.05, 3.63) is 69.8 Å². The largest absolute Gasteiger partial charge is 0.482 e. The summed E-state index contributed by atoms with van der Waals surface area (Å²) in [5.41, 5.74) is 0.175. The number of nitrogens with zero attached hydrogens (tertiary/aromatic N) is 1. The Balaban J connectivity index is 2.14. The van der Waals surface area contributed by atoms with E-state index in [9.17, 15) is 14.9 Å². The van der Waals surface area contributed by atoms with E-state index in [1.807, 2.05) is 0 Å². The lowest BCUT2D eigenvalue weighted by molar-refractivity contribution is -0.427. The Labute approximate surface area is 114 Å². The molecule has 6 heteroatoms. The van der Waals surface area contributed by atoms with Gasteiger partial charge in [0, 0.05) is 0 Å². The molecule has 6 nitrogen and oxygen atoms in total. The van der Waals surface area contributed by atoms with Crippen LogP contribution in [0.4, 0.5) is 0 Å². The maximum absolute atomic E-state index is 10.9. The highest BCUT2D eigenvalue weighted by Crippen LogP contribution is 2.17. The van der Waals surface area contributed by atoms with E-state index in [0.717, 1.165) is 0 Å². The van der Waals surface area contributed by atoms with Crippen LogP contribution in [0.5, 0.6) is 5.75 Å². The summed E-state index contributed by atoms with van der Waals surface area (Å²) >= 11 is 0. The van der Waals surface area contributed by atoms with Crippen LogP contribution in [0, 0.1) is 10.1 Å². The molecule has 1 heterocycles. The van der Waals surface area contributed by atoms with Crippen molar-refractivity contribution in [2.75, 3.05) is 6.61 Å². The molecule has 0 radical (unpaired) electrons. The summed E-state index contributed by atoms with van der Waals surface area (Å²) in [5, 5.41) is 10.9. The van der Waals surface area contributed by atoms with Crippen LogP contribution in [0.1, 0.15) is 16.1 Å². The lowest BCUT2D eigenvalue weighted by Gasteiger charge is -2.06. The molecule has 0 aliphatic rings. The SMILES string of the molecule is O=Cc1ccccc1OC/C(=C/c1ccco1)[N+](=O)[O-]. The molecule has 0 amide bonds. The van der Waals surface area contributed by atoms with Crippen molar-refractivity contribution < 1.29 is 18.9 Å². The summed E-state index contributed by atoms with van der Waals surface area (Å²) in [4.78, 5) is 21.2. The first kappa shape index (κ1) is 13.5. The lowest BCUT2D eigenvalue weighted by atomic mass is 10.2. The molecule has 0 spiro atoms. The average Bonchev–Trinajstić information content (AvgIpc) is 2.96. The number of ether oxygens (including phenoxy) is 1. The van der Waals surface area contributed by atoms with Gasteiger partial charge in [0.05, 0.1) is 22.8 Å². The Morgan fingerprint density at radius 2 is 2.10 bits per heavy atom. The van der Waals surface area contributed by atoms with Crippen molar-refractivity contribution in [1.29, 1.82) is 0 Å². The van der Waals surface area contributed by atoms with Gasteiger partial charge in [0.2, 0.25) is 0 Å². The highest BCUT2D eigenvalue weighted by atomic mass is 16.6. The van der Waals surface area contributed by atoms with Crippen molar-refractivity contribution >= 4 is 12.4 Å². The van der Waals surface area contributed by atoms with Gasteiger partial charge in [-0.05, 0) is 24.3 Å². The van der Waals surface area contributed by atoms with Gasteiger partial charge in [-0.2, -0.15) is 0 Å². The zero-order valence-electron chi connectivity index (χ0n) is 10.4. The summed E-state index contributed by atoms with van der Waals surface area (Å²) < 4.78 is 10.3. The van der Waals surface area contributed by atoms with Crippen molar-refractivity contribution in [2.24, 2.45) is 0 Å². The van der Waals surface area contributed by atoms with Crippen LogP contribution in [0.25, 0.3) is 6.08 Å². The third-order valence-corrected chi connectivity index (χ3v) is 2.51. The second-order valence-electron chi connectivity index (χ2n) is 3.85. The maximum Gasteiger partial charge on any atom is 0.287 e. The van der Waals surface area contributed by atoms with Crippen LogP contribution < -0.4 is 4.74 Å². The molecule has 1 aromatic carbocycles. The number of carbonyl (C=O) groups is 1. The van der Waals surface area contributed by atoms with Gasteiger partial charge in [0.25, 0.3) is 5.70 Å². The van der Waals surface area contributed by atoms with Crippen molar-refractivity contribution in [2.45, 2.75) is 0 Å². The molecule has 0 N–H and O–H groups in total. The Hall–Kier alpha value is -2.89. The number of carbonyl (C=O) groups excluding carboxylic acids is 1. The van der Waals surface area contributed by atoms with Crippen LogP contribution in [0.2, 0.25) is 0 Å². The monoisotopic (exact) mass is 273 g/mol. The number of para-hydroxylation sites is 1. The third-order valence-electron chi connectivity index (χ3n) is 2.51. The molecule has 20 heavy (non-hydrogen) atoms. The molecule has 0 aliphatic heterocycles. The van der Waals surface area contributed by atoms with E-state index in [0.29, 0.717) is 23.4 Å². The first-order valence-electron chi connectivity index (χ1n) is 5.76. The predicted molar refractivity (Wildman–Crippen MR) is 71.0 cm³/mol. The first-order valence-corrected chi connectivity index (χ1v) is 5.76. The normalized spacial score (nSPS) is 11.1. The number of rotatable bonds is 6. The standard InChI is InChI=1S/C14H11NO5/c16-9-11-4-1-2-6-14(11)20-10-12(15(17)18)8-13-5-3-7-19-13/h1-9H,10H2/b12-8-. The van der Waals surface area contributed by atoms with Gasteiger partial charge in [-0.1, -0.05) is 12.1 Å². The van der Waals surface area contributed by atoms with Gasteiger partial charge >= 0.3 is 0 Å². The summed E-state index contributed by atoms with van der Waals surface area (Å²) in [6, 6.07) is 9.75. The molecule has 102 valence electrons. The van der Waals surface area contributed by atoms with Gasteiger partial charge in [-0.15, -0.1) is 0 Å². The van der Waals surface area contributed by atoms with E-state index in [1.165, 1.54) is 12.3 Å². The second-order valence-corrected chi connectivity index (χ2v) is 3.85. The van der Waals surface area contributed by atoms with Crippen LogP contribution in [-0.4, -0.2) is 17.8 Å². The molecular weight excluding hydrogens is 262 g/mol. The fourth-order valence-electron chi connectivity index (χ4n) is 1.55. The number of nitro groups is 1. The van der Waals surface area contributed by atoms with E-state index in [4.69, 9.17) is 9.15 Å². The van der Waals surface area contributed by atoms with E-state index in [-0.39, 0.29) is 12.3 Å². The van der Waals surface area contributed by atoms with E-state index < -0.39 is 4.92 Å². The molecule has 1 aromatic heterocycles. The highest BCUT2D eigenvalue weighted by molar-refractivity contribution is 5.79. The molecule has 0 saturated heterocycles. The first-order chi connectivity index (χ1) is 9.70. The Kier molecular flexibility index (Phi) is 4.28. The van der Waals surface area contributed by atoms with Crippen molar-refractivity contribution in [3.8, 4) is 5.75 Å². The highest BCUT2D eigenvalue weighted by Gasteiger charge is 2.14. The van der Waals surface area contributed by atoms with E-state index in [2.05, 4.69) is 0 Å². The quantitative estimate of drug-likeness (QED) is 0.459. The fraction of sp³-hybridized carbons (Fsp3) is 0.0714. The molecule has 2 rings (SSSR count). The third kappa shape index (κ3) is 3.32. The minimum absolute atomic E-state index is 0.166. The summed E-state index contributed by atoms with van der Waals surface area (Å²) in [6.07, 6.45) is 3.34. The minimum atomic E-state index is -0.550.